The van der Waals surface area contributed by atoms with Gasteiger partial charge in [0.1, 0.15) is 0 Å². The second-order valence-electron chi connectivity index (χ2n) is 9.01. The summed E-state index contributed by atoms with van der Waals surface area (Å²) < 4.78 is 0. The van der Waals surface area contributed by atoms with Crippen LogP contribution in [-0.2, 0) is 28.9 Å². The molecule has 0 aliphatic heterocycles. The third-order valence-electron chi connectivity index (χ3n) is 6.88. The van der Waals surface area contributed by atoms with Crippen molar-refractivity contribution in [3.8, 4) is 0 Å². The number of nitrogens with one attached hydrogen (secondary N) is 1. The van der Waals surface area contributed by atoms with Crippen molar-refractivity contribution in [1.29, 1.82) is 0 Å². The van der Waals surface area contributed by atoms with Gasteiger partial charge in [0, 0.05) is 23.9 Å². The summed E-state index contributed by atoms with van der Waals surface area (Å²) in [7, 11) is 0. The van der Waals surface area contributed by atoms with Crippen LogP contribution < -0.4 is 5.32 Å². The van der Waals surface area contributed by atoms with Gasteiger partial charge in [0.05, 0.1) is 5.92 Å². The average molecular weight is 421 g/mol. The minimum atomic E-state index is -0.796. The molecule has 5 nitrogen and oxygen atoms in total. The molecule has 2 aromatic rings. The Morgan fingerprint density at radius 1 is 1.06 bits per heavy atom. The molecule has 4 rings (SSSR count). The molecule has 2 aliphatic rings. The Hall–Kier alpha value is -2.69. The fourth-order valence-electron chi connectivity index (χ4n) is 5.23. The maximum atomic E-state index is 12.6. The van der Waals surface area contributed by atoms with Gasteiger partial charge in [0.2, 0.25) is 5.91 Å². The third kappa shape index (κ3) is 5.33. The number of hydrogen-bond acceptors (Lipinski definition) is 3. The van der Waals surface area contributed by atoms with Crippen molar-refractivity contribution in [2.24, 2.45) is 11.8 Å². The lowest BCUT2D eigenvalue weighted by molar-refractivity contribution is -0.140. The first-order valence-corrected chi connectivity index (χ1v) is 11.6. The molecule has 0 radical (unpaired) electrons. The van der Waals surface area contributed by atoms with E-state index in [1.165, 1.54) is 24.1 Å². The van der Waals surface area contributed by atoms with Gasteiger partial charge in [0.15, 0.2) is 0 Å². The van der Waals surface area contributed by atoms with Gasteiger partial charge in [-0.05, 0) is 80.9 Å². The van der Waals surface area contributed by atoms with E-state index in [1.807, 2.05) is 30.3 Å². The van der Waals surface area contributed by atoms with Crippen LogP contribution in [0.1, 0.15) is 67.0 Å². The Morgan fingerprint density at radius 3 is 2.68 bits per heavy atom. The summed E-state index contributed by atoms with van der Waals surface area (Å²) >= 11 is 0. The molecule has 1 fully saturated rings. The predicted molar refractivity (Wildman–Crippen MR) is 120 cm³/mol. The zero-order valence-electron chi connectivity index (χ0n) is 18.1. The highest BCUT2D eigenvalue weighted by molar-refractivity contribution is 5.80. The number of amides is 1. The second kappa shape index (κ2) is 10.1. The fraction of sp³-hybridized carbons (Fsp3) is 0.500. The van der Waals surface area contributed by atoms with Crippen LogP contribution in [0.3, 0.4) is 0 Å². The van der Waals surface area contributed by atoms with Gasteiger partial charge >= 0.3 is 5.97 Å². The first-order valence-electron chi connectivity index (χ1n) is 11.6. The van der Waals surface area contributed by atoms with Crippen LogP contribution in [0, 0.1) is 11.8 Å². The lowest BCUT2D eigenvalue weighted by atomic mass is 9.84. The molecule has 2 N–H and O–H groups in total. The summed E-state index contributed by atoms with van der Waals surface area (Å²) in [6.45, 7) is 0.639. The van der Waals surface area contributed by atoms with E-state index in [1.54, 1.807) is 0 Å². The lowest BCUT2D eigenvalue weighted by Crippen LogP contribution is -2.31. The van der Waals surface area contributed by atoms with Gasteiger partial charge in [-0.3, -0.25) is 14.6 Å². The van der Waals surface area contributed by atoms with E-state index in [0.717, 1.165) is 49.8 Å². The van der Waals surface area contributed by atoms with Crippen LogP contribution in [0.15, 0.2) is 42.5 Å². The van der Waals surface area contributed by atoms with Crippen molar-refractivity contribution in [3.63, 3.8) is 0 Å². The zero-order chi connectivity index (χ0) is 21.6. The van der Waals surface area contributed by atoms with Crippen molar-refractivity contribution < 1.29 is 14.7 Å². The number of aromatic nitrogens is 1. The van der Waals surface area contributed by atoms with Crippen LogP contribution in [0.2, 0.25) is 0 Å². The van der Waals surface area contributed by atoms with Crippen molar-refractivity contribution >= 4 is 11.9 Å². The maximum absolute atomic E-state index is 12.6. The largest absolute Gasteiger partial charge is 0.481 e. The number of carbonyl (C=O) groups excluding carboxylic acids is 1. The number of nitrogens with zero attached hydrogens (tertiary/aromatic N) is 1. The molecule has 0 saturated heterocycles. The van der Waals surface area contributed by atoms with Gasteiger partial charge < -0.3 is 10.4 Å². The molecule has 2 aliphatic carbocycles. The molecule has 1 saturated carbocycles. The molecule has 0 bridgehead atoms. The smallest absolute Gasteiger partial charge is 0.311 e. The number of aryl methyl sites for hydroxylation is 3. The van der Waals surface area contributed by atoms with Crippen molar-refractivity contribution in [2.45, 2.75) is 63.7 Å². The maximum Gasteiger partial charge on any atom is 0.311 e. The molecular formula is C26H32N2O3. The van der Waals surface area contributed by atoms with E-state index < -0.39 is 11.9 Å². The summed E-state index contributed by atoms with van der Waals surface area (Å²) in [4.78, 5) is 29.4. The number of carbonyl (C=O) groups is 2. The molecule has 5 heteroatoms. The summed E-state index contributed by atoms with van der Waals surface area (Å²) in [6, 6.07) is 13.8. The van der Waals surface area contributed by atoms with Crippen LogP contribution in [0.4, 0.5) is 0 Å². The molecule has 1 amide bonds. The summed E-state index contributed by atoms with van der Waals surface area (Å²) in [5.74, 6) is -1.34. The number of aliphatic carboxylic acids is 1. The highest BCUT2D eigenvalue weighted by atomic mass is 16.4. The highest BCUT2D eigenvalue weighted by Gasteiger charge is 2.38. The van der Waals surface area contributed by atoms with Gasteiger partial charge in [-0.25, -0.2) is 0 Å². The minimum absolute atomic E-state index is 0.00958. The number of hydrogen-bond donors (Lipinski definition) is 2. The summed E-state index contributed by atoms with van der Waals surface area (Å²) in [6.07, 6.45) is 8.66. The van der Waals surface area contributed by atoms with Crippen LogP contribution in [-0.4, -0.2) is 28.5 Å². The fourth-order valence-corrected chi connectivity index (χ4v) is 5.23. The quantitative estimate of drug-likeness (QED) is 0.624. The van der Waals surface area contributed by atoms with Crippen LogP contribution in [0.5, 0.6) is 0 Å². The van der Waals surface area contributed by atoms with E-state index in [4.69, 9.17) is 4.98 Å². The number of pyridine rings is 1. The summed E-state index contributed by atoms with van der Waals surface area (Å²) in [5.41, 5.74) is 4.60. The Labute approximate surface area is 184 Å². The molecule has 1 heterocycles. The second-order valence-corrected chi connectivity index (χ2v) is 9.01. The first kappa shape index (κ1) is 21.5. The van der Waals surface area contributed by atoms with Gasteiger partial charge in [-0.1, -0.05) is 36.4 Å². The summed E-state index contributed by atoms with van der Waals surface area (Å²) in [5, 5.41) is 12.8. The lowest BCUT2D eigenvalue weighted by Gasteiger charge is -2.20. The molecule has 164 valence electrons. The Kier molecular flexibility index (Phi) is 7.00. The zero-order valence-corrected chi connectivity index (χ0v) is 18.1. The Balaban J connectivity index is 1.24. The molecule has 1 aromatic carbocycles. The topological polar surface area (TPSA) is 79.3 Å². The van der Waals surface area contributed by atoms with Crippen LogP contribution >= 0.6 is 0 Å². The first-order chi connectivity index (χ1) is 15.1. The van der Waals surface area contributed by atoms with Crippen molar-refractivity contribution in [3.05, 3.63) is 65.0 Å². The molecule has 0 spiro atoms. The standard InChI is InChI=1S/C26H32N2O3/c29-25(27-16-6-10-22-15-14-18-7-4-5-11-23(18)28-22)21-13-12-20(17-21)24(26(30)31)19-8-2-1-3-9-19/h1-3,8-9,14-15,20-21,24H,4-7,10-13,16-17H2,(H,27,29)(H,30,31)/t20?,21-,24-/m1/s1. The van der Waals surface area contributed by atoms with E-state index >= 15 is 0 Å². The van der Waals surface area contributed by atoms with Crippen molar-refractivity contribution in [1.82, 2.24) is 10.3 Å². The minimum Gasteiger partial charge on any atom is -0.481 e. The van der Waals surface area contributed by atoms with E-state index in [-0.39, 0.29) is 17.7 Å². The number of rotatable bonds is 8. The van der Waals surface area contributed by atoms with E-state index in [9.17, 15) is 14.7 Å². The van der Waals surface area contributed by atoms with Gasteiger partial charge in [-0.15, -0.1) is 0 Å². The third-order valence-corrected chi connectivity index (χ3v) is 6.88. The number of carboxylic acids is 1. The highest BCUT2D eigenvalue weighted by Crippen LogP contribution is 2.40. The molecule has 31 heavy (non-hydrogen) atoms. The monoisotopic (exact) mass is 420 g/mol. The average Bonchev–Trinajstić information content (AvgIpc) is 3.27. The van der Waals surface area contributed by atoms with Gasteiger partial charge in [0.25, 0.3) is 0 Å². The molecule has 3 atom stereocenters. The number of fused-ring (bicyclic) bond motifs is 1. The molecule has 1 unspecified atom stereocenters. The Morgan fingerprint density at radius 2 is 1.87 bits per heavy atom. The predicted octanol–water partition coefficient (Wildman–Crippen LogP) is 4.29. The molecular weight excluding hydrogens is 388 g/mol. The normalized spacial score (nSPS) is 21.3. The van der Waals surface area contributed by atoms with E-state index in [0.29, 0.717) is 13.0 Å². The van der Waals surface area contributed by atoms with Crippen molar-refractivity contribution in [2.75, 3.05) is 6.54 Å². The Bertz CT molecular complexity index is 912. The van der Waals surface area contributed by atoms with Crippen LogP contribution in [0.25, 0.3) is 0 Å². The van der Waals surface area contributed by atoms with E-state index in [2.05, 4.69) is 17.4 Å². The van der Waals surface area contributed by atoms with Gasteiger partial charge in [-0.2, -0.15) is 0 Å². The number of carboxylic acid groups (broad SMARTS) is 1. The number of benzene rings is 1. The SMILES string of the molecule is O=C(NCCCc1ccc2c(n1)CCCC2)[C@@H]1CCC([C@H](C(=O)O)c2ccccc2)C1. The molecule has 1 aromatic heterocycles.